The predicted octanol–water partition coefficient (Wildman–Crippen LogP) is 0.783. The molecule has 31 heavy (non-hydrogen) atoms. The molecule has 10 nitrogen and oxygen atoms in total. The molecule has 164 valence electrons. The van der Waals surface area contributed by atoms with Crippen molar-refractivity contribution in [3.63, 3.8) is 0 Å². The third-order valence-corrected chi connectivity index (χ3v) is 5.10. The van der Waals surface area contributed by atoms with Crippen molar-refractivity contribution < 1.29 is 44.5 Å². The number of fused-ring (bicyclic) bond motifs is 1. The highest BCUT2D eigenvalue weighted by molar-refractivity contribution is 5.86. The summed E-state index contributed by atoms with van der Waals surface area (Å²) >= 11 is 0. The van der Waals surface area contributed by atoms with Crippen LogP contribution in [0, 0.1) is 0 Å². The van der Waals surface area contributed by atoms with Gasteiger partial charge in [0.2, 0.25) is 6.29 Å². The standard InChI is InChI=1S/C21H20O10/c1-8-18(26)19(27)20(28)21(29-8)30-10-5-13(24)17-14(25)7-15(31-16(17)6-10)9-2-3-11(22)12(23)4-9/h2-8,18-24,26-28H,1H3/t8-,18-,19+,20+,21+/m0/s1. The molecule has 6 N–H and O–H groups in total. The Morgan fingerprint density at radius 1 is 0.871 bits per heavy atom. The molecule has 2 heterocycles. The SMILES string of the molecule is C[C@@H]1O[C@H](Oc2cc(O)c3c(=O)cc(-c4ccc(O)c(O)c4)oc3c2)[C@H](O)[C@H](O)[C@H]1O. The molecule has 0 unspecified atom stereocenters. The summed E-state index contributed by atoms with van der Waals surface area (Å²) in [5.41, 5.74) is -0.310. The summed E-state index contributed by atoms with van der Waals surface area (Å²) in [4.78, 5) is 12.5. The van der Waals surface area contributed by atoms with E-state index in [1.165, 1.54) is 31.2 Å². The van der Waals surface area contributed by atoms with Gasteiger partial charge in [-0.1, -0.05) is 0 Å². The first-order valence-corrected chi connectivity index (χ1v) is 9.35. The van der Waals surface area contributed by atoms with Gasteiger partial charge in [-0.2, -0.15) is 0 Å². The molecule has 0 radical (unpaired) electrons. The number of rotatable bonds is 3. The van der Waals surface area contributed by atoms with E-state index in [0.717, 1.165) is 12.1 Å². The maximum absolute atomic E-state index is 12.5. The van der Waals surface area contributed by atoms with Crippen molar-refractivity contribution in [2.24, 2.45) is 0 Å². The van der Waals surface area contributed by atoms with Crippen molar-refractivity contribution in [3.8, 4) is 34.3 Å². The molecule has 1 saturated heterocycles. The van der Waals surface area contributed by atoms with Gasteiger partial charge in [0.15, 0.2) is 16.9 Å². The summed E-state index contributed by atoms with van der Waals surface area (Å²) in [7, 11) is 0. The predicted molar refractivity (Wildman–Crippen MR) is 106 cm³/mol. The molecule has 4 rings (SSSR count). The zero-order chi connectivity index (χ0) is 22.4. The number of aromatic hydroxyl groups is 3. The molecule has 3 aromatic rings. The minimum Gasteiger partial charge on any atom is -0.507 e. The Bertz CT molecular complexity index is 1190. The lowest BCUT2D eigenvalue weighted by Crippen LogP contribution is -2.58. The highest BCUT2D eigenvalue weighted by Gasteiger charge is 2.43. The molecule has 0 bridgehead atoms. The van der Waals surface area contributed by atoms with Crippen LogP contribution in [-0.2, 0) is 4.74 Å². The summed E-state index contributed by atoms with van der Waals surface area (Å²) in [5, 5.41) is 59.2. The van der Waals surface area contributed by atoms with E-state index in [0.29, 0.717) is 5.56 Å². The zero-order valence-corrected chi connectivity index (χ0v) is 16.2. The molecule has 0 spiro atoms. The van der Waals surface area contributed by atoms with E-state index >= 15 is 0 Å². The first-order chi connectivity index (χ1) is 14.7. The maximum atomic E-state index is 12.5. The van der Waals surface area contributed by atoms with Gasteiger partial charge < -0.3 is 44.5 Å². The highest BCUT2D eigenvalue weighted by atomic mass is 16.7. The Balaban J connectivity index is 1.73. The fraction of sp³-hybridized carbons (Fsp3) is 0.286. The van der Waals surface area contributed by atoms with Gasteiger partial charge >= 0.3 is 0 Å². The molecule has 5 atom stereocenters. The van der Waals surface area contributed by atoms with Crippen LogP contribution in [0.4, 0.5) is 0 Å². The van der Waals surface area contributed by atoms with E-state index in [-0.39, 0.29) is 28.2 Å². The fourth-order valence-electron chi connectivity index (χ4n) is 3.38. The Hall–Kier alpha value is -3.31. The number of aliphatic hydroxyl groups excluding tert-OH is 3. The molecule has 10 heteroatoms. The maximum Gasteiger partial charge on any atom is 0.229 e. The Kier molecular flexibility index (Phi) is 5.23. The quantitative estimate of drug-likeness (QED) is 0.325. The van der Waals surface area contributed by atoms with E-state index in [1.807, 2.05) is 0 Å². The highest BCUT2D eigenvalue weighted by Crippen LogP contribution is 2.35. The van der Waals surface area contributed by atoms with Crippen molar-refractivity contribution in [3.05, 3.63) is 46.6 Å². The van der Waals surface area contributed by atoms with Crippen LogP contribution in [0.2, 0.25) is 0 Å². The van der Waals surface area contributed by atoms with Crippen LogP contribution in [0.3, 0.4) is 0 Å². The molecule has 1 aromatic heterocycles. The smallest absolute Gasteiger partial charge is 0.229 e. The second kappa shape index (κ2) is 7.75. The molecule has 1 aliphatic rings. The molecular weight excluding hydrogens is 412 g/mol. The molecule has 1 aliphatic heterocycles. The van der Waals surface area contributed by atoms with Gasteiger partial charge in [0.25, 0.3) is 0 Å². The third kappa shape index (κ3) is 3.77. The lowest BCUT2D eigenvalue weighted by Gasteiger charge is -2.38. The molecule has 0 saturated carbocycles. The lowest BCUT2D eigenvalue weighted by atomic mass is 10.00. The van der Waals surface area contributed by atoms with Crippen molar-refractivity contribution in [1.82, 2.24) is 0 Å². The number of hydrogen-bond acceptors (Lipinski definition) is 10. The fourth-order valence-corrected chi connectivity index (χ4v) is 3.38. The van der Waals surface area contributed by atoms with E-state index < -0.39 is 47.6 Å². The van der Waals surface area contributed by atoms with Gasteiger partial charge in [-0.15, -0.1) is 0 Å². The number of benzene rings is 2. The van der Waals surface area contributed by atoms with Crippen LogP contribution < -0.4 is 10.2 Å². The van der Waals surface area contributed by atoms with Gasteiger partial charge in [0.1, 0.15) is 46.5 Å². The first-order valence-electron chi connectivity index (χ1n) is 9.35. The van der Waals surface area contributed by atoms with E-state index in [2.05, 4.69) is 0 Å². The zero-order valence-electron chi connectivity index (χ0n) is 16.2. The van der Waals surface area contributed by atoms with Gasteiger partial charge in [-0.05, 0) is 25.1 Å². The van der Waals surface area contributed by atoms with E-state index in [4.69, 9.17) is 13.9 Å². The summed E-state index contributed by atoms with van der Waals surface area (Å²) in [5.74, 6) is -1.16. The van der Waals surface area contributed by atoms with Crippen LogP contribution in [-0.4, -0.2) is 61.3 Å². The van der Waals surface area contributed by atoms with Gasteiger partial charge in [-0.3, -0.25) is 4.79 Å². The number of phenolic OH excluding ortho intramolecular Hbond substituents is 3. The Morgan fingerprint density at radius 3 is 2.32 bits per heavy atom. The van der Waals surface area contributed by atoms with Gasteiger partial charge in [-0.25, -0.2) is 0 Å². The van der Waals surface area contributed by atoms with Crippen molar-refractivity contribution in [2.45, 2.75) is 37.6 Å². The topological polar surface area (TPSA) is 170 Å². The number of hydrogen-bond donors (Lipinski definition) is 6. The minimum atomic E-state index is -1.57. The van der Waals surface area contributed by atoms with Gasteiger partial charge in [0, 0.05) is 23.8 Å². The normalized spacial score (nSPS) is 26.1. The van der Waals surface area contributed by atoms with Crippen LogP contribution in [0.25, 0.3) is 22.3 Å². The van der Waals surface area contributed by atoms with Crippen LogP contribution in [0.1, 0.15) is 6.92 Å². The van der Waals surface area contributed by atoms with Crippen LogP contribution >= 0.6 is 0 Å². The second-order valence-corrected chi connectivity index (χ2v) is 7.29. The average Bonchev–Trinajstić information content (AvgIpc) is 2.71. The molecule has 0 amide bonds. The van der Waals surface area contributed by atoms with E-state index in [9.17, 15) is 35.4 Å². The summed E-state index contributed by atoms with van der Waals surface area (Å²) in [6.45, 7) is 1.49. The monoisotopic (exact) mass is 432 g/mol. The minimum absolute atomic E-state index is 0.0290. The average molecular weight is 432 g/mol. The van der Waals surface area contributed by atoms with E-state index in [1.54, 1.807) is 0 Å². The largest absolute Gasteiger partial charge is 0.507 e. The van der Waals surface area contributed by atoms with Crippen LogP contribution in [0.5, 0.6) is 23.0 Å². The number of phenols is 3. The Morgan fingerprint density at radius 2 is 1.61 bits per heavy atom. The van der Waals surface area contributed by atoms with Crippen molar-refractivity contribution >= 4 is 11.0 Å². The second-order valence-electron chi connectivity index (χ2n) is 7.29. The molecule has 2 aromatic carbocycles. The molecule has 1 fully saturated rings. The van der Waals surface area contributed by atoms with Crippen LogP contribution in [0.15, 0.2) is 45.6 Å². The number of aliphatic hydroxyl groups is 3. The summed E-state index contributed by atoms with van der Waals surface area (Å²) in [6, 6.07) is 7.41. The number of ether oxygens (including phenoxy) is 2. The molecule has 0 aliphatic carbocycles. The summed E-state index contributed by atoms with van der Waals surface area (Å²) < 4.78 is 16.6. The Labute approximate surface area is 174 Å². The summed E-state index contributed by atoms with van der Waals surface area (Å²) in [6.07, 6.45) is -6.56. The van der Waals surface area contributed by atoms with Crippen molar-refractivity contribution in [1.29, 1.82) is 0 Å². The molecular formula is C21H20O10. The lowest BCUT2D eigenvalue weighted by molar-refractivity contribution is -0.268. The van der Waals surface area contributed by atoms with Crippen molar-refractivity contribution in [2.75, 3.05) is 0 Å². The third-order valence-electron chi connectivity index (χ3n) is 5.10. The van der Waals surface area contributed by atoms with Gasteiger partial charge in [0.05, 0.1) is 6.10 Å². The first kappa shape index (κ1) is 20.9.